The second kappa shape index (κ2) is 6.91. The zero-order valence-electron chi connectivity index (χ0n) is 13.5. The third-order valence-corrected chi connectivity index (χ3v) is 5.14. The van der Waals surface area contributed by atoms with Crippen molar-refractivity contribution in [3.05, 3.63) is 35.4 Å². The van der Waals surface area contributed by atoms with Gasteiger partial charge in [-0.2, -0.15) is 0 Å². The van der Waals surface area contributed by atoms with Crippen molar-refractivity contribution < 1.29 is 0 Å². The van der Waals surface area contributed by atoms with E-state index >= 15 is 0 Å². The van der Waals surface area contributed by atoms with Crippen molar-refractivity contribution in [3.8, 4) is 0 Å². The van der Waals surface area contributed by atoms with Gasteiger partial charge in [0.25, 0.3) is 0 Å². The minimum atomic E-state index is 0.523. The molecule has 3 nitrogen and oxygen atoms in total. The summed E-state index contributed by atoms with van der Waals surface area (Å²) in [6.45, 7) is 11.7. The fourth-order valence-electron chi connectivity index (χ4n) is 3.87. The molecule has 0 aromatic heterocycles. The molecule has 1 aromatic rings. The van der Waals surface area contributed by atoms with E-state index in [4.69, 9.17) is 0 Å². The zero-order chi connectivity index (χ0) is 14.7. The molecule has 2 unspecified atom stereocenters. The van der Waals surface area contributed by atoms with E-state index in [1.54, 1.807) is 5.56 Å². The van der Waals surface area contributed by atoms with Gasteiger partial charge in [0.05, 0.1) is 0 Å². The number of piperazine rings is 1. The Morgan fingerprint density at radius 2 is 1.86 bits per heavy atom. The summed E-state index contributed by atoms with van der Waals surface area (Å²) in [5, 5.41) is 3.80. The van der Waals surface area contributed by atoms with Crippen LogP contribution in [0.4, 0.5) is 0 Å². The van der Waals surface area contributed by atoms with Gasteiger partial charge in [-0.25, -0.2) is 0 Å². The van der Waals surface area contributed by atoms with Crippen molar-refractivity contribution in [3.63, 3.8) is 0 Å². The fraction of sp³-hybridized carbons (Fsp3) is 0.667. The fourth-order valence-corrected chi connectivity index (χ4v) is 3.87. The van der Waals surface area contributed by atoms with E-state index in [1.165, 1.54) is 51.1 Å². The Balaban J connectivity index is 1.72. The van der Waals surface area contributed by atoms with Crippen LogP contribution >= 0.6 is 0 Å². The van der Waals surface area contributed by atoms with Gasteiger partial charge in [-0.05, 0) is 37.1 Å². The molecule has 1 fully saturated rings. The maximum atomic E-state index is 3.80. The maximum absolute atomic E-state index is 3.80. The van der Waals surface area contributed by atoms with Crippen LogP contribution in [0.5, 0.6) is 0 Å². The molecule has 2 aliphatic rings. The minimum absolute atomic E-state index is 0.523. The molecule has 2 atom stereocenters. The van der Waals surface area contributed by atoms with Crippen molar-refractivity contribution in [1.29, 1.82) is 0 Å². The number of hydrogen-bond donors (Lipinski definition) is 1. The quantitative estimate of drug-likeness (QED) is 0.896. The van der Waals surface area contributed by atoms with Crippen molar-refractivity contribution >= 4 is 0 Å². The van der Waals surface area contributed by atoms with Crippen molar-refractivity contribution in [2.75, 3.05) is 39.3 Å². The molecule has 3 heteroatoms. The molecule has 0 bridgehead atoms. The van der Waals surface area contributed by atoms with Crippen molar-refractivity contribution in [2.45, 2.75) is 38.8 Å². The summed E-state index contributed by atoms with van der Waals surface area (Å²) in [6, 6.07) is 10.2. The molecule has 1 aliphatic heterocycles. The Morgan fingerprint density at radius 3 is 2.57 bits per heavy atom. The molecule has 1 saturated heterocycles. The highest BCUT2D eigenvalue weighted by atomic mass is 15.3. The Labute approximate surface area is 129 Å². The van der Waals surface area contributed by atoms with Gasteiger partial charge in [-0.3, -0.25) is 4.90 Å². The van der Waals surface area contributed by atoms with Gasteiger partial charge in [0.2, 0.25) is 0 Å². The molecule has 21 heavy (non-hydrogen) atoms. The number of fused-ring (bicyclic) bond motifs is 1. The van der Waals surface area contributed by atoms with Gasteiger partial charge >= 0.3 is 0 Å². The summed E-state index contributed by atoms with van der Waals surface area (Å²) in [5.41, 5.74) is 3.09. The highest BCUT2D eigenvalue weighted by Gasteiger charge is 2.36. The molecule has 0 amide bonds. The maximum Gasteiger partial charge on any atom is 0.0484 e. The van der Waals surface area contributed by atoms with E-state index in [-0.39, 0.29) is 0 Å². The molecule has 1 N–H and O–H groups in total. The topological polar surface area (TPSA) is 18.5 Å². The molecule has 116 valence electrons. The smallest absolute Gasteiger partial charge is 0.0484 e. The highest BCUT2D eigenvalue weighted by molar-refractivity contribution is 5.37. The first kappa shape index (κ1) is 15.0. The first-order valence-corrected chi connectivity index (χ1v) is 8.61. The van der Waals surface area contributed by atoms with Crippen molar-refractivity contribution in [2.24, 2.45) is 0 Å². The third kappa shape index (κ3) is 3.15. The van der Waals surface area contributed by atoms with Gasteiger partial charge in [-0.1, -0.05) is 38.1 Å². The van der Waals surface area contributed by atoms with Crippen LogP contribution in [-0.2, 0) is 6.42 Å². The van der Waals surface area contributed by atoms with E-state index in [0.717, 1.165) is 6.54 Å². The second-order valence-electron chi connectivity index (χ2n) is 6.37. The van der Waals surface area contributed by atoms with E-state index in [9.17, 15) is 0 Å². The average Bonchev–Trinajstić information content (AvgIpc) is 2.91. The molecule has 0 radical (unpaired) electrons. The molecule has 0 spiro atoms. The summed E-state index contributed by atoms with van der Waals surface area (Å²) in [4.78, 5) is 5.28. The summed E-state index contributed by atoms with van der Waals surface area (Å²) >= 11 is 0. The number of rotatable bonds is 5. The van der Waals surface area contributed by atoms with Crippen LogP contribution in [0.2, 0.25) is 0 Å². The largest absolute Gasteiger partial charge is 0.309 e. The van der Waals surface area contributed by atoms with Gasteiger partial charge in [-0.15, -0.1) is 0 Å². The Kier molecular flexibility index (Phi) is 4.94. The van der Waals surface area contributed by atoms with E-state index in [1.807, 2.05) is 0 Å². The first-order valence-electron chi connectivity index (χ1n) is 8.61. The highest BCUT2D eigenvalue weighted by Crippen LogP contribution is 2.34. The molecule has 1 aliphatic carbocycles. The Hall–Kier alpha value is -0.900. The summed E-state index contributed by atoms with van der Waals surface area (Å²) in [6.07, 6.45) is 2.42. The molecule has 3 rings (SSSR count). The molecular formula is C18H29N3. The Bertz CT molecular complexity index is 452. The van der Waals surface area contributed by atoms with E-state index in [0.29, 0.717) is 12.1 Å². The van der Waals surface area contributed by atoms with Gasteiger partial charge in [0, 0.05) is 38.3 Å². The third-order valence-electron chi connectivity index (χ3n) is 5.14. The molecular weight excluding hydrogens is 258 g/mol. The van der Waals surface area contributed by atoms with E-state index in [2.05, 4.69) is 53.2 Å². The summed E-state index contributed by atoms with van der Waals surface area (Å²) in [5.74, 6) is 0. The lowest BCUT2D eigenvalue weighted by atomic mass is 10.0. The van der Waals surface area contributed by atoms with Crippen LogP contribution in [0.3, 0.4) is 0 Å². The lowest BCUT2D eigenvalue weighted by molar-refractivity contribution is 0.0863. The normalized spacial score (nSPS) is 27.0. The lowest BCUT2D eigenvalue weighted by Gasteiger charge is -2.40. The lowest BCUT2D eigenvalue weighted by Crippen LogP contribution is -2.53. The van der Waals surface area contributed by atoms with Crippen LogP contribution < -0.4 is 5.32 Å². The molecule has 1 aromatic carbocycles. The summed E-state index contributed by atoms with van der Waals surface area (Å²) in [7, 11) is 0. The predicted octanol–water partition coefficient (Wildman–Crippen LogP) is 2.29. The standard InChI is InChI=1S/C18H29N3/c1-3-9-19-18-16-8-6-5-7-15(16)14-17(18)21-12-10-20(4-2)11-13-21/h5-8,17-19H,3-4,9-14H2,1-2H3. The second-order valence-corrected chi connectivity index (χ2v) is 6.37. The SMILES string of the molecule is CCCNC1c2ccccc2CC1N1CCN(CC)CC1. The van der Waals surface area contributed by atoms with Crippen LogP contribution in [0.1, 0.15) is 37.4 Å². The van der Waals surface area contributed by atoms with Crippen molar-refractivity contribution in [1.82, 2.24) is 15.1 Å². The van der Waals surface area contributed by atoms with Crippen LogP contribution in [0.15, 0.2) is 24.3 Å². The number of nitrogens with zero attached hydrogens (tertiary/aromatic N) is 2. The van der Waals surface area contributed by atoms with E-state index < -0.39 is 0 Å². The number of nitrogens with one attached hydrogen (secondary N) is 1. The average molecular weight is 287 g/mol. The van der Waals surface area contributed by atoms with Crippen LogP contribution in [0, 0.1) is 0 Å². The first-order chi connectivity index (χ1) is 10.3. The predicted molar refractivity (Wildman–Crippen MR) is 88.7 cm³/mol. The van der Waals surface area contributed by atoms with Gasteiger partial charge < -0.3 is 10.2 Å². The number of likely N-dealkylation sites (N-methyl/N-ethyl adjacent to an activating group) is 1. The Morgan fingerprint density at radius 1 is 1.10 bits per heavy atom. The minimum Gasteiger partial charge on any atom is -0.309 e. The van der Waals surface area contributed by atoms with Gasteiger partial charge in [0.15, 0.2) is 0 Å². The summed E-state index contributed by atoms with van der Waals surface area (Å²) < 4.78 is 0. The molecule has 1 heterocycles. The zero-order valence-corrected chi connectivity index (χ0v) is 13.5. The monoisotopic (exact) mass is 287 g/mol. The number of benzene rings is 1. The van der Waals surface area contributed by atoms with Gasteiger partial charge in [0.1, 0.15) is 0 Å². The van der Waals surface area contributed by atoms with Crippen LogP contribution in [-0.4, -0.2) is 55.1 Å². The molecule has 0 saturated carbocycles. The van der Waals surface area contributed by atoms with Crippen LogP contribution in [0.25, 0.3) is 0 Å². The number of hydrogen-bond acceptors (Lipinski definition) is 3.